The molecule has 2 amide bonds. The van der Waals surface area contributed by atoms with Crippen LogP contribution in [0.4, 0.5) is 5.69 Å². The van der Waals surface area contributed by atoms with Crippen molar-refractivity contribution in [1.29, 1.82) is 0 Å². The third kappa shape index (κ3) is 7.20. The third-order valence-corrected chi connectivity index (χ3v) is 5.66. The molecule has 180 valence electrons. The molecular weight excluding hydrogens is 456 g/mol. The molecule has 3 aromatic rings. The average Bonchev–Trinajstić information content (AvgIpc) is 3.24. The van der Waals surface area contributed by atoms with Crippen LogP contribution in [0.3, 0.4) is 0 Å². The summed E-state index contributed by atoms with van der Waals surface area (Å²) in [6.45, 7) is 5.45. The molecule has 0 aliphatic carbocycles. The Labute approximate surface area is 202 Å². The number of nitrogens with one attached hydrogen (secondary N) is 2. The van der Waals surface area contributed by atoms with Gasteiger partial charge in [-0.15, -0.1) is 5.10 Å². The van der Waals surface area contributed by atoms with Crippen molar-refractivity contribution >= 4 is 29.3 Å². The highest BCUT2D eigenvalue weighted by Gasteiger charge is 2.10. The van der Waals surface area contributed by atoms with Crippen molar-refractivity contribution < 1.29 is 19.1 Å². The normalized spacial score (nSPS) is 10.6. The molecule has 1 aromatic heterocycles. The summed E-state index contributed by atoms with van der Waals surface area (Å²) < 4.78 is 12.7. The van der Waals surface area contributed by atoms with Gasteiger partial charge in [0, 0.05) is 24.8 Å². The number of benzene rings is 2. The van der Waals surface area contributed by atoms with Crippen LogP contribution in [0.25, 0.3) is 0 Å². The highest BCUT2D eigenvalue weighted by Crippen LogP contribution is 2.28. The second-order valence-electron chi connectivity index (χ2n) is 7.15. The fourth-order valence-corrected chi connectivity index (χ4v) is 3.70. The van der Waals surface area contributed by atoms with Crippen molar-refractivity contribution in [3.63, 3.8) is 0 Å². The summed E-state index contributed by atoms with van der Waals surface area (Å²) in [5, 5.41) is 17.3. The Bertz CT molecular complexity index is 1100. The fourth-order valence-electron chi connectivity index (χ4n) is 3.05. The second-order valence-corrected chi connectivity index (χ2v) is 8.09. The number of carbonyl (C=O) groups is 2. The molecule has 2 aromatic carbocycles. The predicted octanol–water partition coefficient (Wildman–Crippen LogP) is 2.71. The maximum atomic E-state index is 12.5. The van der Waals surface area contributed by atoms with Gasteiger partial charge in [0.05, 0.1) is 19.0 Å². The van der Waals surface area contributed by atoms with Crippen molar-refractivity contribution in [2.45, 2.75) is 25.4 Å². The Hall–Kier alpha value is -3.60. The van der Waals surface area contributed by atoms with Crippen molar-refractivity contribution in [3.8, 4) is 11.5 Å². The first-order chi connectivity index (χ1) is 16.5. The number of anilines is 1. The number of thioether (sulfide) groups is 1. The van der Waals surface area contributed by atoms with Gasteiger partial charge in [0.15, 0.2) is 11.5 Å². The number of ether oxygens (including phenoxy) is 2. The maximum absolute atomic E-state index is 12.5. The first-order valence-corrected chi connectivity index (χ1v) is 11.9. The summed E-state index contributed by atoms with van der Waals surface area (Å²) in [6, 6.07) is 12.5. The van der Waals surface area contributed by atoms with Gasteiger partial charge >= 0.3 is 0 Å². The van der Waals surface area contributed by atoms with E-state index in [4.69, 9.17) is 9.47 Å². The summed E-state index contributed by atoms with van der Waals surface area (Å²) in [7, 11) is 1.71. The third-order valence-electron chi connectivity index (χ3n) is 4.65. The van der Waals surface area contributed by atoms with Crippen molar-refractivity contribution in [2.75, 3.05) is 30.8 Å². The maximum Gasteiger partial charge on any atom is 0.251 e. The van der Waals surface area contributed by atoms with Gasteiger partial charge in [0.1, 0.15) is 0 Å². The molecule has 0 saturated carbocycles. The molecular formula is C23H28N6O4S. The number of nitrogens with zero attached hydrogens (tertiary/aromatic N) is 4. The van der Waals surface area contributed by atoms with Gasteiger partial charge in [0.2, 0.25) is 11.1 Å². The quantitative estimate of drug-likeness (QED) is 0.377. The van der Waals surface area contributed by atoms with Gasteiger partial charge < -0.3 is 20.1 Å². The van der Waals surface area contributed by atoms with Crippen LogP contribution in [-0.2, 0) is 18.3 Å². The van der Waals surface area contributed by atoms with E-state index in [2.05, 4.69) is 26.2 Å². The zero-order valence-electron chi connectivity index (χ0n) is 19.4. The molecule has 0 atom stereocenters. The molecule has 34 heavy (non-hydrogen) atoms. The zero-order chi connectivity index (χ0) is 24.3. The lowest BCUT2D eigenvalue weighted by molar-refractivity contribution is -0.113. The van der Waals surface area contributed by atoms with E-state index < -0.39 is 0 Å². The van der Waals surface area contributed by atoms with E-state index in [0.717, 1.165) is 5.56 Å². The Morgan fingerprint density at radius 1 is 1.03 bits per heavy atom. The standard InChI is InChI=1S/C23H28N6O4S/c1-4-32-19-11-6-16(14-20(19)33-5-2)12-13-24-22(31)17-7-9-18(10-8-17)25-21(30)15-34-23-26-27-28-29(23)3/h6-11,14H,4-5,12-13,15H2,1-3H3,(H,24,31)(H,25,30). The number of aromatic nitrogens is 4. The minimum absolute atomic E-state index is 0.174. The molecule has 0 bridgehead atoms. The minimum Gasteiger partial charge on any atom is -0.490 e. The van der Waals surface area contributed by atoms with Crippen LogP contribution in [0.15, 0.2) is 47.6 Å². The van der Waals surface area contributed by atoms with Crippen LogP contribution in [0.1, 0.15) is 29.8 Å². The molecule has 3 rings (SSSR count). The SMILES string of the molecule is CCOc1ccc(CCNC(=O)c2ccc(NC(=O)CSc3nnnn3C)cc2)cc1OCC. The Balaban J connectivity index is 1.46. The number of aryl methyl sites for hydroxylation is 1. The van der Waals surface area contributed by atoms with Gasteiger partial charge in [-0.1, -0.05) is 17.8 Å². The average molecular weight is 485 g/mol. The molecule has 0 fully saturated rings. The Kier molecular flexibility index (Phi) is 9.27. The molecule has 0 radical (unpaired) electrons. The topological polar surface area (TPSA) is 120 Å². The Morgan fingerprint density at radius 2 is 1.76 bits per heavy atom. The van der Waals surface area contributed by atoms with Crippen LogP contribution in [0.5, 0.6) is 11.5 Å². The monoisotopic (exact) mass is 484 g/mol. The molecule has 0 aliphatic heterocycles. The first kappa shape index (κ1) is 25.0. The molecule has 0 unspecified atom stereocenters. The second kappa shape index (κ2) is 12.6. The summed E-state index contributed by atoms with van der Waals surface area (Å²) in [5.41, 5.74) is 2.16. The number of amides is 2. The van der Waals surface area contributed by atoms with Crippen molar-refractivity contribution in [3.05, 3.63) is 53.6 Å². The summed E-state index contributed by atoms with van der Waals surface area (Å²) in [4.78, 5) is 24.6. The van der Waals surface area contributed by atoms with Crippen LogP contribution in [0, 0.1) is 0 Å². The van der Waals surface area contributed by atoms with E-state index in [1.54, 1.807) is 31.3 Å². The highest BCUT2D eigenvalue weighted by atomic mass is 32.2. The number of hydrogen-bond acceptors (Lipinski definition) is 8. The number of carbonyl (C=O) groups excluding carboxylic acids is 2. The fraction of sp³-hybridized carbons (Fsp3) is 0.348. The molecule has 1 heterocycles. The van der Waals surface area contributed by atoms with Gasteiger partial charge in [-0.2, -0.15) is 0 Å². The summed E-state index contributed by atoms with van der Waals surface area (Å²) in [5.74, 6) is 1.23. The largest absolute Gasteiger partial charge is 0.490 e. The molecule has 0 saturated heterocycles. The lowest BCUT2D eigenvalue weighted by Crippen LogP contribution is -2.25. The van der Waals surface area contributed by atoms with Crippen LogP contribution < -0.4 is 20.1 Å². The number of tetrazole rings is 1. The zero-order valence-corrected chi connectivity index (χ0v) is 20.2. The minimum atomic E-state index is -0.188. The van der Waals surface area contributed by atoms with E-state index in [1.807, 2.05) is 32.0 Å². The summed E-state index contributed by atoms with van der Waals surface area (Å²) >= 11 is 1.24. The lowest BCUT2D eigenvalue weighted by atomic mass is 10.1. The van der Waals surface area contributed by atoms with Crippen molar-refractivity contribution in [2.24, 2.45) is 7.05 Å². The first-order valence-electron chi connectivity index (χ1n) is 10.9. The van der Waals surface area contributed by atoms with E-state index in [-0.39, 0.29) is 17.6 Å². The predicted molar refractivity (Wildman–Crippen MR) is 129 cm³/mol. The van der Waals surface area contributed by atoms with Crippen molar-refractivity contribution in [1.82, 2.24) is 25.5 Å². The van der Waals surface area contributed by atoms with E-state index >= 15 is 0 Å². The van der Waals surface area contributed by atoms with Crippen LogP contribution >= 0.6 is 11.8 Å². The van der Waals surface area contributed by atoms with E-state index in [0.29, 0.717) is 54.1 Å². The molecule has 11 heteroatoms. The van der Waals surface area contributed by atoms with Gasteiger partial charge in [-0.25, -0.2) is 4.68 Å². The molecule has 0 aliphatic rings. The summed E-state index contributed by atoms with van der Waals surface area (Å²) in [6.07, 6.45) is 0.658. The molecule has 0 spiro atoms. The molecule has 2 N–H and O–H groups in total. The highest BCUT2D eigenvalue weighted by molar-refractivity contribution is 7.99. The lowest BCUT2D eigenvalue weighted by Gasteiger charge is -2.13. The number of hydrogen-bond donors (Lipinski definition) is 2. The van der Waals surface area contributed by atoms with Gasteiger partial charge in [-0.05, 0) is 72.7 Å². The van der Waals surface area contributed by atoms with E-state index in [1.165, 1.54) is 16.4 Å². The van der Waals surface area contributed by atoms with Gasteiger partial charge in [-0.3, -0.25) is 9.59 Å². The van der Waals surface area contributed by atoms with Gasteiger partial charge in [0.25, 0.3) is 5.91 Å². The Morgan fingerprint density at radius 3 is 2.44 bits per heavy atom. The smallest absolute Gasteiger partial charge is 0.251 e. The molecule has 10 nitrogen and oxygen atoms in total. The van der Waals surface area contributed by atoms with Crippen LogP contribution in [-0.4, -0.2) is 57.5 Å². The van der Waals surface area contributed by atoms with E-state index in [9.17, 15) is 9.59 Å². The number of rotatable bonds is 12. The van der Waals surface area contributed by atoms with Crippen LogP contribution in [0.2, 0.25) is 0 Å².